The van der Waals surface area contributed by atoms with Crippen LogP contribution in [0.4, 0.5) is 10.5 Å². The van der Waals surface area contributed by atoms with E-state index in [0.29, 0.717) is 28.5 Å². The Morgan fingerprint density at radius 3 is 2.49 bits per heavy atom. The van der Waals surface area contributed by atoms with E-state index in [1.54, 1.807) is 54.6 Å². The number of barbiturate groups is 1. The maximum Gasteiger partial charge on any atom is 0.373 e. The molecule has 2 heterocycles. The highest BCUT2D eigenvalue weighted by molar-refractivity contribution is 6.39. The summed E-state index contributed by atoms with van der Waals surface area (Å²) in [6.45, 7) is 0.0167. The summed E-state index contributed by atoms with van der Waals surface area (Å²) in [6, 6.07) is 15.3. The van der Waals surface area contributed by atoms with Crippen molar-refractivity contribution in [3.8, 4) is 11.5 Å². The number of hydrogen-bond donors (Lipinski definition) is 1. The number of anilines is 1. The van der Waals surface area contributed by atoms with Crippen LogP contribution in [-0.4, -0.2) is 38.0 Å². The van der Waals surface area contributed by atoms with Crippen LogP contribution in [0.15, 0.2) is 70.7 Å². The molecule has 1 aromatic heterocycles. The number of amides is 4. The normalized spacial score (nSPS) is 14.6. The number of nitrogens with one attached hydrogen (secondary N) is 1. The maximum absolute atomic E-state index is 13.0. The van der Waals surface area contributed by atoms with Crippen LogP contribution in [0.3, 0.4) is 0 Å². The van der Waals surface area contributed by atoms with Gasteiger partial charge in [-0.2, -0.15) is 0 Å². The molecule has 4 rings (SSSR count). The average Bonchev–Trinajstić information content (AvgIpc) is 3.34. The third-order valence-electron chi connectivity index (χ3n) is 5.03. The summed E-state index contributed by atoms with van der Waals surface area (Å²) in [7, 11) is 2.69. The lowest BCUT2D eigenvalue weighted by molar-refractivity contribution is -0.122. The number of urea groups is 1. The molecular weight excluding hydrogens is 456 g/mol. The second-order valence-electron chi connectivity index (χ2n) is 7.25. The molecule has 0 unspecified atom stereocenters. The first kappa shape index (κ1) is 23.3. The summed E-state index contributed by atoms with van der Waals surface area (Å²) >= 11 is 0. The van der Waals surface area contributed by atoms with Crippen molar-refractivity contribution in [2.75, 3.05) is 19.1 Å². The van der Waals surface area contributed by atoms with Crippen LogP contribution in [-0.2, 0) is 20.9 Å². The molecule has 0 spiro atoms. The Hall–Kier alpha value is -4.86. The number of carbonyl (C=O) groups is 4. The van der Waals surface area contributed by atoms with Crippen LogP contribution in [0.2, 0.25) is 0 Å². The number of para-hydroxylation sites is 1. The van der Waals surface area contributed by atoms with Gasteiger partial charge in [0.25, 0.3) is 11.8 Å². The number of ether oxygens (including phenoxy) is 3. The van der Waals surface area contributed by atoms with Crippen molar-refractivity contribution in [1.29, 1.82) is 0 Å². The topological polar surface area (TPSA) is 124 Å². The van der Waals surface area contributed by atoms with Gasteiger partial charge in [0.1, 0.15) is 17.9 Å². The molecule has 3 aromatic rings. The minimum Gasteiger partial charge on any atom is -0.493 e. The third-order valence-corrected chi connectivity index (χ3v) is 5.03. The third kappa shape index (κ3) is 4.91. The van der Waals surface area contributed by atoms with E-state index >= 15 is 0 Å². The Morgan fingerprint density at radius 1 is 1.00 bits per heavy atom. The van der Waals surface area contributed by atoms with Crippen molar-refractivity contribution in [1.82, 2.24) is 5.32 Å². The van der Waals surface area contributed by atoms with E-state index in [2.05, 4.69) is 10.1 Å². The first-order chi connectivity index (χ1) is 16.9. The van der Waals surface area contributed by atoms with Crippen molar-refractivity contribution < 1.29 is 37.8 Å². The molecule has 1 aliphatic rings. The van der Waals surface area contributed by atoms with E-state index in [1.165, 1.54) is 26.4 Å². The first-order valence-corrected chi connectivity index (χ1v) is 10.4. The largest absolute Gasteiger partial charge is 0.493 e. The molecule has 0 saturated carbocycles. The lowest BCUT2D eigenvalue weighted by atomic mass is 10.1. The van der Waals surface area contributed by atoms with E-state index in [1.807, 2.05) is 0 Å². The van der Waals surface area contributed by atoms with E-state index in [9.17, 15) is 19.2 Å². The molecule has 0 radical (unpaired) electrons. The monoisotopic (exact) mass is 476 g/mol. The predicted molar refractivity (Wildman–Crippen MR) is 123 cm³/mol. The molecule has 0 aliphatic carbocycles. The zero-order valence-electron chi connectivity index (χ0n) is 18.8. The Kier molecular flexibility index (Phi) is 6.63. The number of carbonyl (C=O) groups excluding carboxylic acids is 4. The molecule has 2 aromatic carbocycles. The number of esters is 1. The number of furan rings is 1. The number of nitrogens with zero attached hydrogens (tertiary/aromatic N) is 1. The van der Waals surface area contributed by atoms with Crippen LogP contribution >= 0.6 is 0 Å². The van der Waals surface area contributed by atoms with Crippen LogP contribution in [0, 0.1) is 0 Å². The van der Waals surface area contributed by atoms with Gasteiger partial charge in [0.05, 0.1) is 19.9 Å². The zero-order valence-corrected chi connectivity index (χ0v) is 18.8. The van der Waals surface area contributed by atoms with Gasteiger partial charge in [0.15, 0.2) is 11.5 Å². The number of hydrogen-bond acceptors (Lipinski definition) is 8. The van der Waals surface area contributed by atoms with Gasteiger partial charge in [0, 0.05) is 0 Å². The van der Waals surface area contributed by atoms with Gasteiger partial charge in [-0.15, -0.1) is 0 Å². The number of methoxy groups -OCH3 is 2. The van der Waals surface area contributed by atoms with Crippen LogP contribution in [0.5, 0.6) is 11.5 Å². The van der Waals surface area contributed by atoms with Crippen molar-refractivity contribution in [3.05, 3.63) is 83.3 Å². The molecular formula is C25H20N2O8. The smallest absolute Gasteiger partial charge is 0.373 e. The summed E-state index contributed by atoms with van der Waals surface area (Å²) in [6.07, 6.45) is 1.36. The van der Waals surface area contributed by atoms with Crippen molar-refractivity contribution in [3.63, 3.8) is 0 Å². The minimum absolute atomic E-state index is 0.0167. The molecule has 178 valence electrons. The van der Waals surface area contributed by atoms with Gasteiger partial charge in [-0.1, -0.05) is 24.3 Å². The molecule has 35 heavy (non-hydrogen) atoms. The fourth-order valence-electron chi connectivity index (χ4n) is 3.34. The van der Waals surface area contributed by atoms with E-state index < -0.39 is 23.8 Å². The van der Waals surface area contributed by atoms with Gasteiger partial charge < -0.3 is 18.6 Å². The molecule has 0 atom stereocenters. The molecule has 1 saturated heterocycles. The van der Waals surface area contributed by atoms with E-state index in [-0.39, 0.29) is 17.9 Å². The van der Waals surface area contributed by atoms with E-state index in [4.69, 9.17) is 13.9 Å². The molecule has 10 nitrogen and oxygen atoms in total. The predicted octanol–water partition coefficient (Wildman–Crippen LogP) is 3.32. The first-order valence-electron chi connectivity index (χ1n) is 10.4. The van der Waals surface area contributed by atoms with Crippen molar-refractivity contribution >= 4 is 35.6 Å². The second-order valence-corrected chi connectivity index (χ2v) is 7.25. The second kappa shape index (κ2) is 9.96. The summed E-state index contributed by atoms with van der Waals surface area (Å²) in [5.74, 6) is -0.994. The molecule has 4 amide bonds. The lowest BCUT2D eigenvalue weighted by Gasteiger charge is -2.26. The Morgan fingerprint density at radius 2 is 1.77 bits per heavy atom. The van der Waals surface area contributed by atoms with Crippen LogP contribution < -0.4 is 19.7 Å². The standard InChI is InChI=1S/C25H20N2O8/c1-32-21-13-15(8-10-19(21)34-14-17-9-11-20(35-17)24(30)33-2)12-18-22(28)26-25(31)27(23(18)29)16-6-4-3-5-7-16/h3-13H,14H2,1-2H3,(H,26,28,31)/b18-12-. The number of benzene rings is 2. The Bertz CT molecular complexity index is 1330. The van der Waals surface area contributed by atoms with Crippen molar-refractivity contribution in [2.45, 2.75) is 6.61 Å². The molecule has 1 N–H and O–H groups in total. The summed E-state index contributed by atoms with van der Waals surface area (Å²) < 4.78 is 21.1. The summed E-state index contributed by atoms with van der Waals surface area (Å²) in [4.78, 5) is 50.1. The van der Waals surface area contributed by atoms with Crippen LogP contribution in [0.25, 0.3) is 6.08 Å². The summed E-state index contributed by atoms with van der Waals surface area (Å²) in [5.41, 5.74) is 0.596. The lowest BCUT2D eigenvalue weighted by Crippen LogP contribution is -2.54. The fraction of sp³-hybridized carbons (Fsp3) is 0.120. The number of rotatable bonds is 7. The zero-order chi connectivity index (χ0) is 24.9. The van der Waals surface area contributed by atoms with Gasteiger partial charge >= 0.3 is 12.0 Å². The summed E-state index contributed by atoms with van der Waals surface area (Å²) in [5, 5.41) is 2.18. The fourth-order valence-corrected chi connectivity index (χ4v) is 3.34. The van der Waals surface area contributed by atoms with Crippen molar-refractivity contribution in [2.24, 2.45) is 0 Å². The SMILES string of the molecule is COC(=O)c1ccc(COc2ccc(/C=C3/C(=O)NC(=O)N(c4ccccc4)C3=O)cc2OC)o1. The molecule has 1 fully saturated rings. The number of imide groups is 2. The van der Waals surface area contributed by atoms with Gasteiger partial charge in [-0.3, -0.25) is 14.9 Å². The molecule has 10 heteroatoms. The average molecular weight is 476 g/mol. The Labute approximate surface area is 199 Å². The van der Waals surface area contributed by atoms with Gasteiger partial charge in [0.2, 0.25) is 5.76 Å². The molecule has 0 bridgehead atoms. The minimum atomic E-state index is -0.821. The highest BCUT2D eigenvalue weighted by Crippen LogP contribution is 2.30. The van der Waals surface area contributed by atoms with Gasteiger partial charge in [-0.25, -0.2) is 14.5 Å². The highest BCUT2D eigenvalue weighted by Gasteiger charge is 2.36. The van der Waals surface area contributed by atoms with E-state index in [0.717, 1.165) is 4.90 Å². The highest BCUT2D eigenvalue weighted by atomic mass is 16.5. The van der Waals surface area contributed by atoms with Gasteiger partial charge in [-0.05, 0) is 48.0 Å². The Balaban J connectivity index is 1.55. The quantitative estimate of drug-likeness (QED) is 0.313. The van der Waals surface area contributed by atoms with Crippen LogP contribution in [0.1, 0.15) is 21.9 Å². The maximum atomic E-state index is 13.0. The molecule has 1 aliphatic heterocycles.